The number of benzene rings is 3. The van der Waals surface area contributed by atoms with E-state index in [2.05, 4.69) is 6.58 Å². The molecule has 0 unspecified atom stereocenters. The molecule has 184 valence electrons. The Hall–Kier alpha value is -3.55. The molecule has 5 nitrogen and oxygen atoms in total. The molecule has 0 saturated carbocycles. The van der Waals surface area contributed by atoms with E-state index in [0.29, 0.717) is 45.6 Å². The van der Waals surface area contributed by atoms with Gasteiger partial charge in [-0.1, -0.05) is 41.9 Å². The topological polar surface area (TPSA) is 55.8 Å². The number of carbonyl (C=O) groups is 2. The lowest BCUT2D eigenvalue weighted by atomic mass is 10.0. The lowest BCUT2D eigenvalue weighted by molar-refractivity contribution is -0.123. The smallest absolute Gasteiger partial charge is 0.293 e. The van der Waals surface area contributed by atoms with Gasteiger partial charge in [-0.05, 0) is 77.3 Å². The van der Waals surface area contributed by atoms with Crippen LogP contribution in [-0.4, -0.2) is 23.2 Å². The highest BCUT2D eigenvalue weighted by atomic mass is 35.5. The van der Waals surface area contributed by atoms with Crippen molar-refractivity contribution < 1.29 is 23.5 Å². The van der Waals surface area contributed by atoms with Crippen LogP contribution in [0.1, 0.15) is 22.3 Å². The maximum absolute atomic E-state index is 13.2. The third kappa shape index (κ3) is 5.98. The number of imide groups is 1. The number of carbonyl (C=O) groups excluding carboxylic acids is 2. The van der Waals surface area contributed by atoms with Gasteiger partial charge in [0.1, 0.15) is 12.4 Å². The van der Waals surface area contributed by atoms with Crippen molar-refractivity contribution in [3.63, 3.8) is 0 Å². The van der Waals surface area contributed by atoms with Crippen LogP contribution in [0.15, 0.2) is 78.2 Å². The van der Waals surface area contributed by atoms with Gasteiger partial charge in [-0.3, -0.25) is 14.5 Å². The fourth-order valence-electron chi connectivity index (χ4n) is 3.69. The predicted octanol–water partition coefficient (Wildman–Crippen LogP) is 7.03. The van der Waals surface area contributed by atoms with Crippen molar-refractivity contribution in [2.45, 2.75) is 19.6 Å². The number of allylic oxidation sites excluding steroid dienone is 1. The summed E-state index contributed by atoms with van der Waals surface area (Å²) in [6.45, 7) is 4.22. The maximum Gasteiger partial charge on any atom is 0.293 e. The molecule has 2 amide bonds. The highest BCUT2D eigenvalue weighted by molar-refractivity contribution is 8.18. The number of rotatable bonds is 9. The van der Waals surface area contributed by atoms with Crippen molar-refractivity contribution in [3.8, 4) is 11.5 Å². The summed E-state index contributed by atoms with van der Waals surface area (Å²) in [5.41, 5.74) is 3.13. The number of hydrogen-bond donors (Lipinski definition) is 0. The first-order chi connectivity index (χ1) is 17.4. The molecule has 0 atom stereocenters. The van der Waals surface area contributed by atoms with E-state index >= 15 is 0 Å². The van der Waals surface area contributed by atoms with E-state index < -0.39 is 5.91 Å². The van der Waals surface area contributed by atoms with E-state index in [9.17, 15) is 14.0 Å². The van der Waals surface area contributed by atoms with Crippen molar-refractivity contribution in [1.82, 2.24) is 4.90 Å². The molecular formula is C28H23ClFNO4S. The Morgan fingerprint density at radius 3 is 2.42 bits per heavy atom. The first kappa shape index (κ1) is 25.5. The molecule has 3 aromatic rings. The van der Waals surface area contributed by atoms with Gasteiger partial charge in [-0.25, -0.2) is 4.39 Å². The van der Waals surface area contributed by atoms with E-state index in [1.165, 1.54) is 12.1 Å². The van der Waals surface area contributed by atoms with Crippen molar-refractivity contribution in [1.29, 1.82) is 0 Å². The molecule has 1 fully saturated rings. The van der Waals surface area contributed by atoms with E-state index in [1.54, 1.807) is 49.6 Å². The second-order valence-electron chi connectivity index (χ2n) is 8.01. The summed E-state index contributed by atoms with van der Waals surface area (Å²) in [6.07, 6.45) is 3.93. The monoisotopic (exact) mass is 523 g/mol. The Labute approximate surface area is 218 Å². The summed E-state index contributed by atoms with van der Waals surface area (Å²) >= 11 is 6.83. The Kier molecular flexibility index (Phi) is 8.13. The highest BCUT2D eigenvalue weighted by Gasteiger charge is 2.35. The molecule has 36 heavy (non-hydrogen) atoms. The van der Waals surface area contributed by atoms with Crippen molar-refractivity contribution in [2.75, 3.05) is 7.11 Å². The number of amides is 2. The molecule has 0 radical (unpaired) electrons. The molecule has 0 bridgehead atoms. The van der Waals surface area contributed by atoms with Gasteiger partial charge in [0.15, 0.2) is 11.5 Å². The number of ether oxygens (including phenoxy) is 2. The lowest BCUT2D eigenvalue weighted by Gasteiger charge is -2.16. The number of methoxy groups -OCH3 is 1. The van der Waals surface area contributed by atoms with Gasteiger partial charge >= 0.3 is 0 Å². The average molecular weight is 524 g/mol. The van der Waals surface area contributed by atoms with Crippen LogP contribution in [0.5, 0.6) is 11.5 Å². The molecule has 1 heterocycles. The largest absolute Gasteiger partial charge is 0.493 e. The van der Waals surface area contributed by atoms with Crippen LogP contribution in [0, 0.1) is 5.82 Å². The zero-order chi connectivity index (χ0) is 25.7. The quantitative estimate of drug-likeness (QED) is 0.222. The van der Waals surface area contributed by atoms with Gasteiger partial charge in [0.25, 0.3) is 11.1 Å². The van der Waals surface area contributed by atoms with Crippen molar-refractivity contribution >= 4 is 40.6 Å². The summed E-state index contributed by atoms with van der Waals surface area (Å²) < 4.78 is 24.9. The molecule has 1 aliphatic heterocycles. The third-order valence-electron chi connectivity index (χ3n) is 5.46. The average Bonchev–Trinajstić information content (AvgIpc) is 3.12. The molecule has 8 heteroatoms. The molecule has 0 aliphatic carbocycles. The lowest BCUT2D eigenvalue weighted by Crippen LogP contribution is -2.27. The number of hydrogen-bond acceptors (Lipinski definition) is 5. The number of thioether (sulfide) groups is 1. The van der Waals surface area contributed by atoms with Crippen LogP contribution in [0.4, 0.5) is 9.18 Å². The summed E-state index contributed by atoms with van der Waals surface area (Å²) in [5, 5.41) is 0.270. The Morgan fingerprint density at radius 1 is 1.06 bits per heavy atom. The molecule has 0 aromatic heterocycles. The van der Waals surface area contributed by atoms with Crippen LogP contribution in [-0.2, 0) is 24.4 Å². The predicted molar refractivity (Wildman–Crippen MR) is 141 cm³/mol. The van der Waals surface area contributed by atoms with Gasteiger partial charge in [-0.2, -0.15) is 0 Å². The normalized spacial score (nSPS) is 14.4. The molecule has 3 aromatic carbocycles. The molecular weight excluding hydrogens is 501 g/mol. The van der Waals surface area contributed by atoms with Gasteiger partial charge in [0.2, 0.25) is 0 Å². The highest BCUT2D eigenvalue weighted by Crippen LogP contribution is 2.38. The Bertz CT molecular complexity index is 1320. The van der Waals surface area contributed by atoms with Crippen LogP contribution in [0.2, 0.25) is 5.02 Å². The molecule has 1 aliphatic rings. The minimum atomic E-state index is -0.401. The zero-order valence-corrected chi connectivity index (χ0v) is 21.1. The van der Waals surface area contributed by atoms with E-state index in [-0.39, 0.29) is 17.6 Å². The first-order valence-corrected chi connectivity index (χ1v) is 12.3. The van der Waals surface area contributed by atoms with E-state index in [1.807, 2.05) is 18.2 Å². The van der Waals surface area contributed by atoms with Gasteiger partial charge < -0.3 is 9.47 Å². The maximum atomic E-state index is 13.2. The molecule has 0 N–H and O–H groups in total. The summed E-state index contributed by atoms with van der Waals surface area (Å²) in [4.78, 5) is 26.9. The van der Waals surface area contributed by atoms with Crippen LogP contribution >= 0.6 is 23.4 Å². The van der Waals surface area contributed by atoms with E-state index in [4.69, 9.17) is 21.1 Å². The standard InChI is InChI=1S/C28H23ClFNO4S/c1-3-4-21-13-20(14-24(34-2)26(21)35-17-19-5-9-22(29)10-6-19)15-25-27(32)31(28(33)36-25)16-18-7-11-23(30)12-8-18/h3,5-15H,1,4,16-17H2,2H3/b25-15-. The Balaban J connectivity index is 1.58. The Morgan fingerprint density at radius 2 is 1.75 bits per heavy atom. The van der Waals surface area contributed by atoms with E-state index in [0.717, 1.165) is 27.8 Å². The first-order valence-electron chi connectivity index (χ1n) is 11.1. The number of halogens is 2. The minimum absolute atomic E-state index is 0.0742. The van der Waals surface area contributed by atoms with Crippen molar-refractivity contribution in [2.24, 2.45) is 0 Å². The SMILES string of the molecule is C=CCc1cc(/C=C2\SC(=O)N(Cc3ccc(F)cc3)C2=O)cc(OC)c1OCc1ccc(Cl)cc1. The zero-order valence-electron chi connectivity index (χ0n) is 19.5. The van der Waals surface area contributed by atoms with Gasteiger partial charge in [0, 0.05) is 10.6 Å². The molecule has 1 saturated heterocycles. The molecule has 4 rings (SSSR count). The second-order valence-corrected chi connectivity index (χ2v) is 9.44. The summed E-state index contributed by atoms with van der Waals surface area (Å²) in [6, 6.07) is 16.7. The summed E-state index contributed by atoms with van der Waals surface area (Å²) in [7, 11) is 1.54. The van der Waals surface area contributed by atoms with Gasteiger partial charge in [-0.15, -0.1) is 6.58 Å². The second kappa shape index (κ2) is 11.5. The van der Waals surface area contributed by atoms with Crippen LogP contribution < -0.4 is 9.47 Å². The minimum Gasteiger partial charge on any atom is -0.493 e. The number of nitrogens with zero attached hydrogens (tertiary/aromatic N) is 1. The third-order valence-corrected chi connectivity index (χ3v) is 6.62. The molecule has 0 spiro atoms. The van der Waals surface area contributed by atoms with Gasteiger partial charge in [0.05, 0.1) is 18.6 Å². The fraction of sp³-hybridized carbons (Fsp3) is 0.143. The fourth-order valence-corrected chi connectivity index (χ4v) is 4.65. The van der Waals surface area contributed by atoms with Crippen molar-refractivity contribution in [3.05, 3.63) is 111 Å². The van der Waals surface area contributed by atoms with Crippen LogP contribution in [0.25, 0.3) is 6.08 Å². The van der Waals surface area contributed by atoms with Crippen LogP contribution in [0.3, 0.4) is 0 Å². The summed E-state index contributed by atoms with van der Waals surface area (Å²) in [5.74, 6) is 0.299.